The summed E-state index contributed by atoms with van der Waals surface area (Å²) in [6, 6.07) is 3.22. The second-order valence-electron chi connectivity index (χ2n) is 4.81. The summed E-state index contributed by atoms with van der Waals surface area (Å²) in [4.78, 5) is 31.4. The topological polar surface area (TPSA) is 79.5 Å². The molecule has 7 heteroatoms. The van der Waals surface area contributed by atoms with Gasteiger partial charge in [-0.2, -0.15) is 0 Å². The number of carbonyl (C=O) groups excluding carboxylic acids is 2. The number of nitrogens with two attached hydrogens (primary N) is 1. The van der Waals surface area contributed by atoms with E-state index in [1.807, 2.05) is 6.92 Å². The van der Waals surface area contributed by atoms with Crippen LogP contribution in [0.25, 0.3) is 0 Å². The number of hydrogen-bond donors (Lipinski definition) is 1. The zero-order chi connectivity index (χ0) is 16.0. The van der Waals surface area contributed by atoms with Crippen molar-refractivity contribution in [2.24, 2.45) is 5.73 Å². The van der Waals surface area contributed by atoms with Crippen molar-refractivity contribution in [1.82, 2.24) is 14.8 Å². The highest BCUT2D eigenvalue weighted by molar-refractivity contribution is 7.80. The highest BCUT2D eigenvalue weighted by Gasteiger charge is 2.20. The van der Waals surface area contributed by atoms with E-state index in [9.17, 15) is 9.59 Å². The van der Waals surface area contributed by atoms with Gasteiger partial charge in [-0.05, 0) is 18.6 Å². The Bertz CT molecular complexity index is 528. The molecule has 0 unspecified atom stereocenters. The Morgan fingerprint density at radius 3 is 2.43 bits per heavy atom. The molecule has 0 fully saturated rings. The summed E-state index contributed by atoms with van der Waals surface area (Å²) in [7, 11) is 3.32. The van der Waals surface area contributed by atoms with Crippen molar-refractivity contribution in [3.63, 3.8) is 0 Å². The maximum absolute atomic E-state index is 12.4. The maximum Gasteiger partial charge on any atom is 0.272 e. The van der Waals surface area contributed by atoms with Gasteiger partial charge < -0.3 is 15.5 Å². The van der Waals surface area contributed by atoms with Gasteiger partial charge >= 0.3 is 0 Å². The third-order valence-electron chi connectivity index (χ3n) is 2.87. The van der Waals surface area contributed by atoms with Gasteiger partial charge in [0.25, 0.3) is 5.91 Å². The van der Waals surface area contributed by atoms with Crippen molar-refractivity contribution in [3.05, 3.63) is 29.6 Å². The van der Waals surface area contributed by atoms with E-state index in [-0.39, 0.29) is 29.0 Å². The zero-order valence-corrected chi connectivity index (χ0v) is 13.3. The highest BCUT2D eigenvalue weighted by Crippen LogP contribution is 2.06. The predicted octanol–water partition coefficient (Wildman–Crippen LogP) is 0.656. The van der Waals surface area contributed by atoms with Crippen LogP contribution in [-0.4, -0.2) is 58.8 Å². The van der Waals surface area contributed by atoms with E-state index in [1.165, 1.54) is 16.0 Å². The normalized spacial score (nSPS) is 10.0. The van der Waals surface area contributed by atoms with E-state index in [1.54, 1.807) is 26.2 Å². The molecule has 1 heterocycles. The molecule has 0 aromatic carbocycles. The van der Waals surface area contributed by atoms with Gasteiger partial charge in [-0.25, -0.2) is 0 Å². The van der Waals surface area contributed by atoms with E-state index in [0.717, 1.165) is 6.42 Å². The quantitative estimate of drug-likeness (QED) is 0.781. The molecule has 2 amide bonds. The molecule has 21 heavy (non-hydrogen) atoms. The van der Waals surface area contributed by atoms with Gasteiger partial charge in [0.15, 0.2) is 0 Å². The summed E-state index contributed by atoms with van der Waals surface area (Å²) < 4.78 is 0. The minimum absolute atomic E-state index is 0.0401. The largest absolute Gasteiger partial charge is 0.389 e. The van der Waals surface area contributed by atoms with Gasteiger partial charge in [0, 0.05) is 32.4 Å². The van der Waals surface area contributed by atoms with Crippen molar-refractivity contribution >= 4 is 29.0 Å². The molecule has 6 nitrogen and oxygen atoms in total. The second kappa shape index (κ2) is 7.68. The molecule has 0 saturated carbocycles. The molecule has 0 spiro atoms. The Kier molecular flexibility index (Phi) is 6.23. The third-order valence-corrected chi connectivity index (χ3v) is 3.11. The lowest BCUT2D eigenvalue weighted by atomic mass is 10.2. The number of nitrogens with zero attached hydrogens (tertiary/aromatic N) is 3. The fraction of sp³-hybridized carbons (Fsp3) is 0.429. The lowest BCUT2D eigenvalue weighted by Gasteiger charge is -2.23. The number of likely N-dealkylation sites (N-methyl/N-ethyl adjacent to an activating group) is 1. The zero-order valence-electron chi connectivity index (χ0n) is 12.5. The summed E-state index contributed by atoms with van der Waals surface area (Å²) in [5.41, 5.74) is 6.37. The van der Waals surface area contributed by atoms with E-state index in [0.29, 0.717) is 12.1 Å². The first kappa shape index (κ1) is 17.0. The molecule has 0 aliphatic rings. The van der Waals surface area contributed by atoms with Crippen molar-refractivity contribution in [3.8, 4) is 0 Å². The Morgan fingerprint density at radius 1 is 1.33 bits per heavy atom. The van der Waals surface area contributed by atoms with Gasteiger partial charge in [-0.3, -0.25) is 14.6 Å². The van der Waals surface area contributed by atoms with Crippen LogP contribution in [0.1, 0.15) is 29.4 Å². The van der Waals surface area contributed by atoms with Crippen LogP contribution in [0, 0.1) is 0 Å². The van der Waals surface area contributed by atoms with Crippen LogP contribution in [0.4, 0.5) is 0 Å². The fourth-order valence-electron chi connectivity index (χ4n) is 1.66. The van der Waals surface area contributed by atoms with Gasteiger partial charge in [0.1, 0.15) is 17.2 Å². The minimum atomic E-state index is -0.276. The number of hydrogen-bond acceptors (Lipinski definition) is 4. The van der Waals surface area contributed by atoms with Crippen LogP contribution >= 0.6 is 12.2 Å². The highest BCUT2D eigenvalue weighted by atomic mass is 32.1. The van der Waals surface area contributed by atoms with Gasteiger partial charge in [0.05, 0.1) is 0 Å². The Morgan fingerprint density at radius 2 is 2.00 bits per heavy atom. The number of aromatic nitrogens is 1. The average molecular weight is 308 g/mol. The summed E-state index contributed by atoms with van der Waals surface area (Å²) in [5.74, 6) is -0.405. The molecule has 1 rings (SSSR count). The molecule has 0 atom stereocenters. The van der Waals surface area contributed by atoms with Crippen molar-refractivity contribution < 1.29 is 9.59 Å². The number of thiocarbonyl (C=S) groups is 1. The minimum Gasteiger partial charge on any atom is -0.389 e. The average Bonchev–Trinajstić information content (AvgIpc) is 2.45. The van der Waals surface area contributed by atoms with E-state index >= 15 is 0 Å². The van der Waals surface area contributed by atoms with Crippen LogP contribution in [0.15, 0.2) is 18.3 Å². The first-order chi connectivity index (χ1) is 9.86. The number of rotatable bonds is 6. The van der Waals surface area contributed by atoms with Gasteiger partial charge in [-0.15, -0.1) is 0 Å². The molecular weight excluding hydrogens is 288 g/mol. The van der Waals surface area contributed by atoms with Crippen LogP contribution in [0.5, 0.6) is 0 Å². The molecule has 0 bridgehead atoms. The van der Waals surface area contributed by atoms with Crippen molar-refractivity contribution in [2.75, 3.05) is 27.2 Å². The third kappa shape index (κ3) is 4.78. The Balaban J connectivity index is 2.89. The number of amides is 2. The van der Waals surface area contributed by atoms with E-state index in [2.05, 4.69) is 4.98 Å². The summed E-state index contributed by atoms with van der Waals surface area (Å²) in [5, 5.41) is 0. The Labute approximate surface area is 129 Å². The fourth-order valence-corrected chi connectivity index (χ4v) is 1.78. The second-order valence-corrected chi connectivity index (χ2v) is 5.25. The molecule has 0 aliphatic carbocycles. The van der Waals surface area contributed by atoms with Crippen LogP contribution < -0.4 is 5.73 Å². The van der Waals surface area contributed by atoms with Crippen LogP contribution in [0.2, 0.25) is 0 Å². The number of carbonyl (C=O) groups is 2. The van der Waals surface area contributed by atoms with Crippen LogP contribution in [0.3, 0.4) is 0 Å². The monoisotopic (exact) mass is 308 g/mol. The Hall–Kier alpha value is -2.02. The van der Waals surface area contributed by atoms with E-state index < -0.39 is 0 Å². The van der Waals surface area contributed by atoms with E-state index in [4.69, 9.17) is 18.0 Å². The predicted molar refractivity (Wildman–Crippen MR) is 85.0 cm³/mol. The maximum atomic E-state index is 12.4. The first-order valence-electron chi connectivity index (χ1n) is 6.62. The molecular formula is C14H20N4O2S. The molecule has 0 aliphatic heterocycles. The van der Waals surface area contributed by atoms with Crippen LogP contribution in [-0.2, 0) is 4.79 Å². The molecule has 0 radical (unpaired) electrons. The number of pyridine rings is 1. The SMILES string of the molecule is CCCN(CC(=O)N(C)C)C(=O)c1ccc(C(N)=S)cn1. The lowest BCUT2D eigenvalue weighted by Crippen LogP contribution is -2.41. The van der Waals surface area contributed by atoms with Crippen molar-refractivity contribution in [2.45, 2.75) is 13.3 Å². The first-order valence-corrected chi connectivity index (χ1v) is 7.03. The molecule has 114 valence electrons. The molecule has 2 N–H and O–H groups in total. The molecule has 1 aromatic rings. The van der Waals surface area contributed by atoms with Crippen molar-refractivity contribution in [1.29, 1.82) is 0 Å². The smallest absolute Gasteiger partial charge is 0.272 e. The summed E-state index contributed by atoms with van der Waals surface area (Å²) >= 11 is 4.84. The summed E-state index contributed by atoms with van der Waals surface area (Å²) in [6.07, 6.45) is 2.23. The standard InChI is InChI=1S/C14H20N4O2S/c1-4-7-18(9-12(19)17(2)3)14(20)11-6-5-10(8-16-11)13(15)21/h5-6,8H,4,7,9H2,1-3H3,(H2,15,21). The lowest BCUT2D eigenvalue weighted by molar-refractivity contribution is -0.129. The summed E-state index contributed by atoms with van der Waals surface area (Å²) in [6.45, 7) is 2.49. The van der Waals surface area contributed by atoms with Gasteiger partial charge in [-0.1, -0.05) is 19.1 Å². The van der Waals surface area contributed by atoms with Gasteiger partial charge in [0.2, 0.25) is 5.91 Å². The molecule has 1 aromatic heterocycles. The molecule has 0 saturated heterocycles.